The van der Waals surface area contributed by atoms with Gasteiger partial charge in [0, 0.05) is 37.0 Å². The number of hydrogen-bond donors (Lipinski definition) is 4. The smallest absolute Gasteiger partial charge is 0.256 e. The number of benzene rings is 8. The standard InChI is InChI=1S/C24H20F5N3O.C24H23F2N3O.C24H24IN3O.C23H23N3O/c1-11(2)9-16-24(31-15-8-7-12-5-3-4-6-13(12)23(15)30-16)32-17(33)10-14-18(25)20(27)22(29)21(28)19(14)26;1-14(2)11-21-24(29-22(30)13-15-7-9-18(25)19(26)12-15)28-20-10-8-16-5-3-4-6-17(16)23(20)27-21;1-15(2)13-21-24(28-22(29)14-16-7-10-18(25)11-8-16)27-20-12-9-17-5-3-4-6-19(17)23(20)26-21;1-15(2)14-20-22(26-23(27)17-9-4-3-5-10-17)25-19-13-12-16-8-6-7-11-18(16)21(19)24-20/h3-6,11H,7-10H2,1-2H3,(H,31,32,33);3-7,9,12,14H,8,10-11,13H2,1-2H3,(H,28,29,30);3-8,10-11,15H,9,12-14H2,1-2H3,(H,27,28,29);3-11,15H,12-14H2,1-2H3,(H,25,26,27). The van der Waals surface area contributed by atoms with E-state index in [1.165, 1.54) is 28.3 Å². The van der Waals surface area contributed by atoms with Crippen LogP contribution in [0.25, 0.3) is 45.0 Å². The lowest BCUT2D eigenvalue weighted by molar-refractivity contribution is -0.116. The van der Waals surface area contributed by atoms with Crippen LogP contribution in [0.1, 0.15) is 150 Å². The van der Waals surface area contributed by atoms with E-state index in [4.69, 9.17) is 34.9 Å². The number of fused-ring (bicyclic) bond motifs is 12. The number of carbonyl (C=O) groups excluding carboxylic acids is 4. The third-order valence-corrected chi connectivity index (χ3v) is 21.2. The Hall–Kier alpha value is -11.8. The molecule has 24 heteroatoms. The molecule has 4 aromatic heterocycles. The molecule has 0 saturated heterocycles. The molecule has 119 heavy (non-hydrogen) atoms. The molecule has 0 aliphatic heterocycles. The average molecular weight is 1720 g/mol. The summed E-state index contributed by atoms with van der Waals surface area (Å²) in [6.07, 6.45) is 8.45. The summed E-state index contributed by atoms with van der Waals surface area (Å²) in [4.78, 5) is 89.0. The Balaban J connectivity index is 0.000000138. The molecule has 0 atom stereocenters. The number of aryl methyl sites for hydroxylation is 8. The normalized spacial score (nSPS) is 12.4. The number of nitrogens with zero attached hydrogens (tertiary/aromatic N) is 8. The van der Waals surface area contributed by atoms with Gasteiger partial charge in [0.05, 0.1) is 87.6 Å². The number of halogens is 8. The fraction of sp³-hybridized carbons (Fsp3) is 0.284. The van der Waals surface area contributed by atoms with Gasteiger partial charge in [-0.15, -0.1) is 0 Å². The van der Waals surface area contributed by atoms with Crippen molar-refractivity contribution in [2.45, 2.75) is 152 Å². The lowest BCUT2D eigenvalue weighted by atomic mass is 9.91. The Labute approximate surface area is 700 Å². The Bertz CT molecular complexity index is 5780. The Morgan fingerprint density at radius 2 is 0.630 bits per heavy atom. The summed E-state index contributed by atoms with van der Waals surface area (Å²) in [5, 5.41) is 11.3. The van der Waals surface area contributed by atoms with Gasteiger partial charge in [-0.3, -0.25) is 19.2 Å². The van der Waals surface area contributed by atoms with Crippen LogP contribution in [0.5, 0.6) is 0 Å². The summed E-state index contributed by atoms with van der Waals surface area (Å²) in [7, 11) is 0. The highest BCUT2D eigenvalue weighted by Gasteiger charge is 2.31. The number of hydrogen-bond acceptors (Lipinski definition) is 12. The molecule has 0 radical (unpaired) electrons. The van der Waals surface area contributed by atoms with Gasteiger partial charge < -0.3 is 21.3 Å². The quantitative estimate of drug-likeness (QED) is 0.0257. The molecule has 4 aliphatic rings. The van der Waals surface area contributed by atoms with Crippen molar-refractivity contribution in [2.75, 3.05) is 21.3 Å². The van der Waals surface area contributed by atoms with E-state index in [1.54, 1.807) is 12.1 Å². The second-order valence-corrected chi connectivity index (χ2v) is 32.9. The van der Waals surface area contributed by atoms with Crippen LogP contribution in [-0.2, 0) is 111 Å². The maximum atomic E-state index is 14.0. The summed E-state index contributed by atoms with van der Waals surface area (Å²) < 4.78 is 96.0. The average Bonchev–Trinajstić information content (AvgIpc) is 0.795. The number of aromatic nitrogens is 8. The van der Waals surface area contributed by atoms with Crippen LogP contribution in [0.3, 0.4) is 0 Å². The predicted molar refractivity (Wildman–Crippen MR) is 457 cm³/mol. The summed E-state index contributed by atoms with van der Waals surface area (Å²) in [6.45, 7) is 16.7. The van der Waals surface area contributed by atoms with Crippen LogP contribution in [0.2, 0.25) is 0 Å². The highest BCUT2D eigenvalue weighted by atomic mass is 127. The topological polar surface area (TPSA) is 220 Å². The van der Waals surface area contributed by atoms with Crippen LogP contribution < -0.4 is 21.3 Å². The maximum absolute atomic E-state index is 14.0. The third-order valence-electron chi connectivity index (χ3n) is 20.5. The van der Waals surface area contributed by atoms with Gasteiger partial charge in [0.25, 0.3) is 5.91 Å². The predicted octanol–water partition coefficient (Wildman–Crippen LogP) is 20.1. The van der Waals surface area contributed by atoms with Crippen molar-refractivity contribution in [1.29, 1.82) is 0 Å². The zero-order valence-corrected chi connectivity index (χ0v) is 69.5. The van der Waals surface area contributed by atoms with Gasteiger partial charge in [-0.1, -0.05) is 189 Å². The molecule has 0 spiro atoms. The summed E-state index contributed by atoms with van der Waals surface area (Å²) in [6, 6.07) is 53.5. The van der Waals surface area contributed by atoms with E-state index in [9.17, 15) is 49.9 Å². The van der Waals surface area contributed by atoms with Crippen molar-refractivity contribution in [2.24, 2.45) is 23.7 Å². The van der Waals surface area contributed by atoms with Gasteiger partial charge in [0.1, 0.15) is 0 Å². The first-order chi connectivity index (χ1) is 57.2. The minimum absolute atomic E-state index is 0.0540. The van der Waals surface area contributed by atoms with Gasteiger partial charge >= 0.3 is 0 Å². The molecule has 4 heterocycles. The summed E-state index contributed by atoms with van der Waals surface area (Å²) >= 11 is 2.27. The second kappa shape index (κ2) is 38.3. The first kappa shape index (κ1) is 85.1. The minimum atomic E-state index is -2.27. The van der Waals surface area contributed by atoms with Crippen LogP contribution >= 0.6 is 22.6 Å². The molecular weight excluding hydrogens is 1630 g/mol. The highest BCUT2D eigenvalue weighted by molar-refractivity contribution is 14.1. The molecule has 16 nitrogen and oxygen atoms in total. The van der Waals surface area contributed by atoms with E-state index in [1.807, 2.05) is 98.8 Å². The Morgan fingerprint density at radius 3 is 0.975 bits per heavy atom. The molecule has 0 unspecified atom stereocenters. The van der Waals surface area contributed by atoms with Crippen LogP contribution in [0.4, 0.5) is 54.0 Å². The lowest BCUT2D eigenvalue weighted by Gasteiger charge is -2.21. The second-order valence-electron chi connectivity index (χ2n) is 31.7. The maximum Gasteiger partial charge on any atom is 0.256 e. The molecular formula is C95H90F7IN12O4. The molecule has 4 N–H and O–H groups in total. The van der Waals surface area contributed by atoms with Gasteiger partial charge in [0.15, 0.2) is 58.2 Å². The monoisotopic (exact) mass is 1720 g/mol. The van der Waals surface area contributed by atoms with E-state index in [-0.39, 0.29) is 35.9 Å². The van der Waals surface area contributed by atoms with E-state index in [0.717, 1.165) is 153 Å². The first-order valence-corrected chi connectivity index (χ1v) is 41.1. The Kier molecular flexibility index (Phi) is 27.4. The number of anilines is 4. The van der Waals surface area contributed by atoms with Gasteiger partial charge in [-0.25, -0.2) is 70.6 Å². The SMILES string of the molecule is CC(C)Cc1nc2c(nc1NC(=O)Cc1c(F)c(F)c(F)c(F)c1F)CCc1ccccc1-2.CC(C)Cc1nc2c(nc1NC(=O)Cc1ccc(F)c(F)c1)CCc1ccccc1-2.CC(C)Cc1nc2c(nc1NC(=O)Cc1ccc(I)cc1)CCc1ccccc1-2.CC(C)Cc1nc2c(nc1NC(=O)c1ccccc1)CCc1ccccc1-2. The number of amides is 4. The van der Waals surface area contributed by atoms with Crippen molar-refractivity contribution < 1.29 is 49.9 Å². The van der Waals surface area contributed by atoms with Gasteiger partial charge in [-0.05, 0) is 193 Å². The molecule has 4 aliphatic carbocycles. The summed E-state index contributed by atoms with van der Waals surface area (Å²) in [5.74, 6) is -10.8. The van der Waals surface area contributed by atoms with Crippen molar-refractivity contribution in [3.05, 3.63) is 304 Å². The van der Waals surface area contributed by atoms with Crippen LogP contribution in [0.15, 0.2) is 170 Å². The van der Waals surface area contributed by atoms with E-state index < -0.39 is 58.6 Å². The van der Waals surface area contributed by atoms with Crippen LogP contribution in [-0.4, -0.2) is 63.5 Å². The number of nitrogens with one attached hydrogen (secondary N) is 4. The fourth-order valence-electron chi connectivity index (χ4n) is 14.9. The van der Waals surface area contributed by atoms with Gasteiger partial charge in [-0.2, -0.15) is 0 Å². The van der Waals surface area contributed by atoms with E-state index >= 15 is 0 Å². The lowest BCUT2D eigenvalue weighted by Crippen LogP contribution is -2.22. The molecule has 8 aromatic carbocycles. The van der Waals surface area contributed by atoms with E-state index in [0.29, 0.717) is 89.1 Å². The van der Waals surface area contributed by atoms with E-state index in [2.05, 4.69) is 145 Å². The molecule has 610 valence electrons. The highest BCUT2D eigenvalue weighted by Crippen LogP contribution is 2.39. The molecule has 0 saturated carbocycles. The minimum Gasteiger partial charge on any atom is -0.309 e. The molecule has 12 aromatic rings. The molecule has 0 bridgehead atoms. The number of rotatable bonds is 19. The molecule has 0 fully saturated rings. The Morgan fingerprint density at radius 1 is 0.328 bits per heavy atom. The zero-order valence-electron chi connectivity index (χ0n) is 67.3. The van der Waals surface area contributed by atoms with Crippen molar-refractivity contribution in [3.63, 3.8) is 0 Å². The van der Waals surface area contributed by atoms with Crippen molar-refractivity contribution in [3.8, 4) is 45.0 Å². The fourth-order valence-corrected chi connectivity index (χ4v) is 15.2. The van der Waals surface area contributed by atoms with Crippen molar-refractivity contribution >= 4 is 69.5 Å². The summed E-state index contributed by atoms with van der Waals surface area (Å²) in [5.41, 5.74) is 20.1. The third kappa shape index (κ3) is 20.8. The molecule has 4 amide bonds. The first-order valence-electron chi connectivity index (χ1n) is 40.1. The van der Waals surface area contributed by atoms with Gasteiger partial charge in [0.2, 0.25) is 23.5 Å². The van der Waals surface area contributed by atoms with Crippen LogP contribution in [0, 0.1) is 68.0 Å². The zero-order chi connectivity index (χ0) is 84.3. The largest absolute Gasteiger partial charge is 0.309 e. The number of carbonyl (C=O) groups is 4. The molecule has 16 rings (SSSR count). The van der Waals surface area contributed by atoms with Crippen molar-refractivity contribution in [1.82, 2.24) is 39.9 Å².